The van der Waals surface area contributed by atoms with E-state index >= 15 is 0 Å². The summed E-state index contributed by atoms with van der Waals surface area (Å²) in [4.78, 5) is 0.436. The third-order valence-corrected chi connectivity index (χ3v) is 4.27. The van der Waals surface area contributed by atoms with Crippen molar-refractivity contribution in [2.24, 2.45) is 5.84 Å². The molecular formula is C15H15F3N2S. The van der Waals surface area contributed by atoms with Gasteiger partial charge in [-0.1, -0.05) is 24.3 Å². The highest BCUT2D eigenvalue weighted by Gasteiger charge is 2.19. The molecule has 2 nitrogen and oxygen atoms in total. The molecule has 0 radical (unpaired) electrons. The summed E-state index contributed by atoms with van der Waals surface area (Å²) in [6.07, 6.45) is 0. The lowest BCUT2D eigenvalue weighted by molar-refractivity contribution is 0.474. The zero-order valence-corrected chi connectivity index (χ0v) is 12.2. The van der Waals surface area contributed by atoms with Gasteiger partial charge in [-0.3, -0.25) is 11.3 Å². The Morgan fingerprint density at radius 3 is 2.48 bits per heavy atom. The number of halogens is 3. The molecule has 1 atom stereocenters. The monoisotopic (exact) mass is 312 g/mol. The van der Waals surface area contributed by atoms with Crippen LogP contribution in [0.3, 0.4) is 0 Å². The molecule has 0 aliphatic heterocycles. The first-order chi connectivity index (χ1) is 10.0. The molecule has 0 heterocycles. The average Bonchev–Trinajstić information content (AvgIpc) is 2.49. The second kappa shape index (κ2) is 6.98. The molecule has 0 aromatic heterocycles. The van der Waals surface area contributed by atoms with Gasteiger partial charge in [0.2, 0.25) is 0 Å². The summed E-state index contributed by atoms with van der Waals surface area (Å²) < 4.78 is 41.1. The van der Waals surface area contributed by atoms with Crippen LogP contribution in [0.1, 0.15) is 17.2 Å². The average molecular weight is 312 g/mol. The number of hydrazine groups is 1. The molecule has 0 saturated heterocycles. The van der Waals surface area contributed by atoms with Crippen LogP contribution in [0, 0.1) is 24.4 Å². The van der Waals surface area contributed by atoms with E-state index in [1.54, 1.807) is 18.2 Å². The van der Waals surface area contributed by atoms with Crippen molar-refractivity contribution in [3.05, 3.63) is 65.0 Å². The Balaban J connectivity index is 2.18. The zero-order chi connectivity index (χ0) is 15.4. The van der Waals surface area contributed by atoms with E-state index < -0.39 is 17.7 Å². The van der Waals surface area contributed by atoms with E-state index in [2.05, 4.69) is 5.43 Å². The van der Waals surface area contributed by atoms with Crippen molar-refractivity contribution in [2.75, 3.05) is 5.75 Å². The van der Waals surface area contributed by atoms with E-state index in [0.717, 1.165) is 0 Å². The van der Waals surface area contributed by atoms with Gasteiger partial charge in [0.15, 0.2) is 11.6 Å². The van der Waals surface area contributed by atoms with Crippen LogP contribution in [0.4, 0.5) is 13.2 Å². The lowest BCUT2D eigenvalue weighted by Gasteiger charge is -2.17. The van der Waals surface area contributed by atoms with Gasteiger partial charge in [-0.15, -0.1) is 11.8 Å². The van der Waals surface area contributed by atoms with Gasteiger partial charge < -0.3 is 0 Å². The molecule has 0 aliphatic rings. The SMILES string of the molecule is Cc1ccc(C(CSc2ccccc2F)NN)c(F)c1F. The molecule has 3 N–H and O–H groups in total. The number of hydrogen-bond donors (Lipinski definition) is 2. The minimum Gasteiger partial charge on any atom is -0.271 e. The highest BCUT2D eigenvalue weighted by molar-refractivity contribution is 7.99. The maximum absolute atomic E-state index is 14.0. The van der Waals surface area contributed by atoms with E-state index in [-0.39, 0.29) is 22.7 Å². The molecule has 0 fully saturated rings. The first kappa shape index (κ1) is 15.9. The lowest BCUT2D eigenvalue weighted by atomic mass is 10.1. The summed E-state index contributed by atoms with van der Waals surface area (Å²) in [7, 11) is 0. The third kappa shape index (κ3) is 3.58. The van der Waals surface area contributed by atoms with Crippen molar-refractivity contribution < 1.29 is 13.2 Å². The molecular weight excluding hydrogens is 297 g/mol. The smallest absolute Gasteiger partial charge is 0.163 e. The number of thioether (sulfide) groups is 1. The lowest BCUT2D eigenvalue weighted by Crippen LogP contribution is -2.30. The summed E-state index contributed by atoms with van der Waals surface area (Å²) in [5, 5.41) is 0. The summed E-state index contributed by atoms with van der Waals surface area (Å²) in [6.45, 7) is 1.49. The van der Waals surface area contributed by atoms with Gasteiger partial charge in [0.25, 0.3) is 0 Å². The van der Waals surface area contributed by atoms with Gasteiger partial charge in [-0.2, -0.15) is 0 Å². The number of rotatable bonds is 5. The molecule has 112 valence electrons. The number of benzene rings is 2. The Kier molecular flexibility index (Phi) is 5.27. The Bertz CT molecular complexity index is 634. The summed E-state index contributed by atoms with van der Waals surface area (Å²) in [5.74, 6) is 3.53. The normalized spacial score (nSPS) is 12.4. The van der Waals surface area contributed by atoms with Crippen molar-refractivity contribution >= 4 is 11.8 Å². The van der Waals surface area contributed by atoms with Crippen molar-refractivity contribution in [3.8, 4) is 0 Å². The van der Waals surface area contributed by atoms with E-state index in [4.69, 9.17) is 5.84 Å². The molecule has 21 heavy (non-hydrogen) atoms. The highest BCUT2D eigenvalue weighted by Crippen LogP contribution is 2.28. The van der Waals surface area contributed by atoms with Crippen molar-refractivity contribution in [1.82, 2.24) is 5.43 Å². The molecule has 0 amide bonds. The van der Waals surface area contributed by atoms with Crippen molar-refractivity contribution in [1.29, 1.82) is 0 Å². The van der Waals surface area contributed by atoms with Gasteiger partial charge in [0.1, 0.15) is 5.82 Å². The van der Waals surface area contributed by atoms with E-state index in [1.165, 1.54) is 36.9 Å². The maximum atomic E-state index is 14.0. The van der Waals surface area contributed by atoms with E-state index in [1.807, 2.05) is 0 Å². The molecule has 0 saturated carbocycles. The minimum absolute atomic E-state index is 0.129. The van der Waals surface area contributed by atoms with Crippen molar-refractivity contribution in [2.45, 2.75) is 17.9 Å². The molecule has 0 aliphatic carbocycles. The van der Waals surface area contributed by atoms with Gasteiger partial charge in [-0.25, -0.2) is 13.2 Å². The number of nitrogens with two attached hydrogens (primary N) is 1. The number of aryl methyl sites for hydroxylation is 1. The van der Waals surface area contributed by atoms with Gasteiger partial charge in [-0.05, 0) is 24.6 Å². The van der Waals surface area contributed by atoms with Crippen LogP contribution in [-0.2, 0) is 0 Å². The fourth-order valence-electron chi connectivity index (χ4n) is 1.89. The van der Waals surface area contributed by atoms with Gasteiger partial charge >= 0.3 is 0 Å². The van der Waals surface area contributed by atoms with E-state index in [9.17, 15) is 13.2 Å². The number of nitrogens with one attached hydrogen (secondary N) is 1. The molecule has 0 bridgehead atoms. The second-order valence-corrected chi connectivity index (χ2v) is 5.62. The zero-order valence-electron chi connectivity index (χ0n) is 11.4. The Morgan fingerprint density at radius 1 is 1.10 bits per heavy atom. The predicted molar refractivity (Wildman–Crippen MR) is 78.3 cm³/mol. The van der Waals surface area contributed by atoms with Crippen LogP contribution in [0.15, 0.2) is 41.3 Å². The third-order valence-electron chi connectivity index (χ3n) is 3.12. The maximum Gasteiger partial charge on any atom is 0.163 e. The first-order valence-corrected chi connectivity index (χ1v) is 7.31. The van der Waals surface area contributed by atoms with Crippen LogP contribution < -0.4 is 11.3 Å². The van der Waals surface area contributed by atoms with Crippen LogP contribution >= 0.6 is 11.8 Å². The summed E-state index contributed by atoms with van der Waals surface area (Å²) in [6, 6.07) is 8.63. The number of hydrogen-bond acceptors (Lipinski definition) is 3. The van der Waals surface area contributed by atoms with Crippen LogP contribution in [-0.4, -0.2) is 5.75 Å². The fraction of sp³-hybridized carbons (Fsp3) is 0.200. The fourth-order valence-corrected chi connectivity index (χ4v) is 2.90. The van der Waals surface area contributed by atoms with Crippen LogP contribution in [0.2, 0.25) is 0 Å². The molecule has 0 spiro atoms. The molecule has 2 aromatic rings. The molecule has 6 heteroatoms. The predicted octanol–water partition coefficient (Wildman–Crippen LogP) is 3.71. The Morgan fingerprint density at radius 2 is 1.81 bits per heavy atom. The molecule has 2 rings (SSSR count). The Hall–Kier alpha value is -1.50. The van der Waals surface area contributed by atoms with E-state index in [0.29, 0.717) is 4.90 Å². The van der Waals surface area contributed by atoms with Crippen LogP contribution in [0.5, 0.6) is 0 Å². The standard InChI is InChI=1S/C15H15F3N2S/c1-9-6-7-10(15(18)14(9)17)12(20-19)8-21-13-5-3-2-4-11(13)16/h2-7,12,20H,8,19H2,1H3. The Labute approximate surface area is 125 Å². The largest absolute Gasteiger partial charge is 0.271 e. The molecule has 1 unspecified atom stereocenters. The summed E-state index contributed by atoms with van der Waals surface area (Å²) in [5.41, 5.74) is 2.81. The first-order valence-electron chi connectivity index (χ1n) is 6.32. The molecule has 2 aromatic carbocycles. The van der Waals surface area contributed by atoms with Gasteiger partial charge in [0.05, 0.1) is 6.04 Å². The summed E-state index contributed by atoms with van der Waals surface area (Å²) >= 11 is 1.19. The highest BCUT2D eigenvalue weighted by atomic mass is 32.2. The van der Waals surface area contributed by atoms with Crippen molar-refractivity contribution in [3.63, 3.8) is 0 Å². The minimum atomic E-state index is -0.924. The van der Waals surface area contributed by atoms with Crippen LogP contribution in [0.25, 0.3) is 0 Å². The topological polar surface area (TPSA) is 38.0 Å². The van der Waals surface area contributed by atoms with Gasteiger partial charge in [0, 0.05) is 16.2 Å². The quantitative estimate of drug-likeness (QED) is 0.502. The second-order valence-electron chi connectivity index (χ2n) is 4.56.